The summed E-state index contributed by atoms with van der Waals surface area (Å²) in [4.78, 5) is 18.3. The molecule has 4 N–H and O–H groups in total. The third-order valence-corrected chi connectivity index (χ3v) is 8.27. The van der Waals surface area contributed by atoms with Crippen molar-refractivity contribution in [2.75, 3.05) is 27.2 Å². The van der Waals surface area contributed by atoms with Crippen LogP contribution < -0.4 is 11.1 Å². The first kappa shape index (κ1) is 18.5. The van der Waals surface area contributed by atoms with Crippen LogP contribution in [-0.4, -0.2) is 49.1 Å². The Morgan fingerprint density at radius 2 is 2.26 bits per heavy atom. The van der Waals surface area contributed by atoms with Crippen molar-refractivity contribution in [1.29, 1.82) is 0 Å². The standard InChI is InChI=1S/C21H32N4O2/c1-13-4-5-14-10-17-16(18(26)27)6-8-20(13,17)21(14)12-25(19(22)24-3)9-7-15(21)11-23-2/h7,9,13-15,23H,4-6,8,10-12H2,1-3H3,(H2,22,24)(H,26,27)/t13-,14-,15-,20+,21-/m1/s1. The molecule has 0 aromatic rings. The number of hydrogen-bond donors (Lipinski definition) is 3. The van der Waals surface area contributed by atoms with E-state index < -0.39 is 5.97 Å². The van der Waals surface area contributed by atoms with Gasteiger partial charge in [-0.3, -0.25) is 4.99 Å². The molecule has 27 heavy (non-hydrogen) atoms. The number of aliphatic carboxylic acids is 1. The van der Waals surface area contributed by atoms with Gasteiger partial charge in [0.15, 0.2) is 5.96 Å². The predicted molar refractivity (Wildman–Crippen MR) is 106 cm³/mol. The summed E-state index contributed by atoms with van der Waals surface area (Å²) in [7, 11) is 3.74. The molecule has 0 saturated heterocycles. The van der Waals surface area contributed by atoms with Gasteiger partial charge in [-0.05, 0) is 56.9 Å². The van der Waals surface area contributed by atoms with Crippen molar-refractivity contribution in [2.45, 2.75) is 39.0 Å². The molecule has 2 saturated carbocycles. The van der Waals surface area contributed by atoms with Gasteiger partial charge in [0.1, 0.15) is 0 Å². The van der Waals surface area contributed by atoms with Crippen LogP contribution in [0.4, 0.5) is 0 Å². The molecule has 0 amide bonds. The third-order valence-electron chi connectivity index (χ3n) is 8.27. The van der Waals surface area contributed by atoms with Crippen LogP contribution in [0.1, 0.15) is 39.0 Å². The van der Waals surface area contributed by atoms with Gasteiger partial charge in [-0.1, -0.05) is 18.6 Å². The van der Waals surface area contributed by atoms with Crippen molar-refractivity contribution in [2.24, 2.45) is 39.3 Å². The average molecular weight is 373 g/mol. The van der Waals surface area contributed by atoms with E-state index in [1.807, 2.05) is 7.05 Å². The van der Waals surface area contributed by atoms with E-state index in [2.05, 4.69) is 34.4 Å². The van der Waals surface area contributed by atoms with Gasteiger partial charge in [-0.15, -0.1) is 0 Å². The summed E-state index contributed by atoms with van der Waals surface area (Å²) in [6, 6.07) is 0. The van der Waals surface area contributed by atoms with Gasteiger partial charge in [0.05, 0.1) is 0 Å². The fourth-order valence-electron chi connectivity index (χ4n) is 7.29. The summed E-state index contributed by atoms with van der Waals surface area (Å²) in [5, 5.41) is 13.3. The first-order chi connectivity index (χ1) is 12.9. The second-order valence-corrected chi connectivity index (χ2v) is 8.87. The summed E-state index contributed by atoms with van der Waals surface area (Å²) in [5.74, 6) is 1.22. The molecule has 6 heteroatoms. The first-order valence-corrected chi connectivity index (χ1v) is 10.2. The normalized spacial score (nSPS) is 40.8. The number of aliphatic imine (C=N–C) groups is 1. The largest absolute Gasteiger partial charge is 0.478 e. The summed E-state index contributed by atoms with van der Waals surface area (Å²) in [6.07, 6.45) is 9.36. The van der Waals surface area contributed by atoms with E-state index in [1.54, 1.807) is 7.05 Å². The molecule has 4 rings (SSSR count). The third kappa shape index (κ3) is 2.22. The maximum atomic E-state index is 12.0. The maximum absolute atomic E-state index is 12.0. The number of carbonyl (C=O) groups is 1. The van der Waals surface area contributed by atoms with Crippen LogP contribution in [-0.2, 0) is 4.79 Å². The zero-order valence-electron chi connectivity index (χ0n) is 16.7. The molecule has 3 aliphatic carbocycles. The van der Waals surface area contributed by atoms with Gasteiger partial charge in [-0.25, -0.2) is 4.79 Å². The van der Waals surface area contributed by atoms with Crippen LogP contribution in [0.25, 0.3) is 0 Å². The fraction of sp³-hybridized carbons (Fsp3) is 0.714. The molecule has 4 aliphatic rings. The molecule has 0 unspecified atom stereocenters. The number of rotatable bonds is 3. The van der Waals surface area contributed by atoms with Gasteiger partial charge < -0.3 is 21.1 Å². The molecule has 0 radical (unpaired) electrons. The van der Waals surface area contributed by atoms with Gasteiger partial charge in [0, 0.05) is 42.7 Å². The van der Waals surface area contributed by atoms with Gasteiger partial charge in [0.25, 0.3) is 0 Å². The molecular formula is C21H32N4O2. The number of nitrogens with zero attached hydrogens (tertiary/aromatic N) is 2. The van der Waals surface area contributed by atoms with E-state index in [1.165, 1.54) is 18.4 Å². The quantitative estimate of drug-likeness (QED) is 0.522. The van der Waals surface area contributed by atoms with Gasteiger partial charge in [0.2, 0.25) is 0 Å². The molecule has 1 aliphatic heterocycles. The van der Waals surface area contributed by atoms with E-state index in [0.717, 1.165) is 25.9 Å². The highest BCUT2D eigenvalue weighted by Gasteiger charge is 2.71. The van der Waals surface area contributed by atoms with E-state index in [9.17, 15) is 9.90 Å². The summed E-state index contributed by atoms with van der Waals surface area (Å²) in [5.41, 5.74) is 8.17. The zero-order valence-corrected chi connectivity index (χ0v) is 16.7. The molecule has 1 heterocycles. The van der Waals surface area contributed by atoms with Crippen molar-refractivity contribution in [1.82, 2.24) is 10.2 Å². The van der Waals surface area contributed by atoms with Crippen molar-refractivity contribution >= 4 is 11.9 Å². The highest BCUT2D eigenvalue weighted by atomic mass is 16.4. The summed E-state index contributed by atoms with van der Waals surface area (Å²) >= 11 is 0. The van der Waals surface area contributed by atoms with Crippen LogP contribution in [0.15, 0.2) is 28.4 Å². The summed E-state index contributed by atoms with van der Waals surface area (Å²) in [6.45, 7) is 4.10. The monoisotopic (exact) mass is 372 g/mol. The Labute approximate surface area is 161 Å². The van der Waals surface area contributed by atoms with E-state index in [0.29, 0.717) is 35.7 Å². The van der Waals surface area contributed by atoms with Crippen molar-refractivity contribution in [3.05, 3.63) is 23.4 Å². The first-order valence-electron chi connectivity index (χ1n) is 10.2. The lowest BCUT2D eigenvalue weighted by Gasteiger charge is -2.60. The van der Waals surface area contributed by atoms with Crippen molar-refractivity contribution in [3.63, 3.8) is 0 Å². The van der Waals surface area contributed by atoms with Crippen LogP contribution in [0.5, 0.6) is 0 Å². The molecule has 6 nitrogen and oxygen atoms in total. The highest BCUT2D eigenvalue weighted by Crippen LogP contribution is 2.75. The molecular weight excluding hydrogens is 340 g/mol. The predicted octanol–water partition coefficient (Wildman–Crippen LogP) is 2.19. The minimum absolute atomic E-state index is 0.0181. The van der Waals surface area contributed by atoms with Crippen LogP contribution >= 0.6 is 0 Å². The number of nitrogens with one attached hydrogen (secondary N) is 1. The number of carboxylic acids is 1. The van der Waals surface area contributed by atoms with E-state index in [4.69, 9.17) is 5.73 Å². The molecule has 2 fully saturated rings. The zero-order chi connectivity index (χ0) is 19.4. The molecule has 148 valence electrons. The number of guanidine groups is 1. The van der Waals surface area contributed by atoms with Crippen LogP contribution in [0.2, 0.25) is 0 Å². The second-order valence-electron chi connectivity index (χ2n) is 8.87. The van der Waals surface area contributed by atoms with Crippen molar-refractivity contribution in [3.8, 4) is 0 Å². The average Bonchev–Trinajstić information content (AvgIpc) is 3.10. The van der Waals surface area contributed by atoms with Gasteiger partial charge in [-0.2, -0.15) is 0 Å². The molecule has 5 atom stereocenters. The second kappa shape index (κ2) is 6.36. The smallest absolute Gasteiger partial charge is 0.331 e. The van der Waals surface area contributed by atoms with Crippen molar-refractivity contribution < 1.29 is 9.90 Å². The molecule has 2 bridgehead atoms. The Morgan fingerprint density at radius 3 is 2.93 bits per heavy atom. The Bertz CT molecular complexity index is 742. The maximum Gasteiger partial charge on any atom is 0.331 e. The van der Waals surface area contributed by atoms with E-state index in [-0.39, 0.29) is 10.8 Å². The SMILES string of the molecule is CN=C(N)N1C=C[C@H](CNC)[C@@]2(C1)[C@@H]1CC[C@@H](C)[C@]23CCC(C(=O)O)=C3C1. The number of nitrogens with two attached hydrogens (primary N) is 1. The lowest BCUT2D eigenvalue weighted by Crippen LogP contribution is -2.61. The van der Waals surface area contributed by atoms with Crippen LogP contribution in [0, 0.1) is 28.6 Å². The minimum Gasteiger partial charge on any atom is -0.478 e. The lowest BCUT2D eigenvalue weighted by atomic mass is 9.46. The Kier molecular flexibility index (Phi) is 4.37. The summed E-state index contributed by atoms with van der Waals surface area (Å²) < 4.78 is 0. The molecule has 0 aromatic heterocycles. The van der Waals surface area contributed by atoms with Gasteiger partial charge >= 0.3 is 5.97 Å². The Balaban J connectivity index is 1.91. The Morgan fingerprint density at radius 1 is 1.48 bits per heavy atom. The number of allylic oxidation sites excluding steroid dienone is 1. The molecule has 2 spiro atoms. The number of hydrogen-bond acceptors (Lipinski definition) is 3. The minimum atomic E-state index is -0.709. The topological polar surface area (TPSA) is 91.0 Å². The number of carboxylic acid groups (broad SMARTS) is 1. The molecule has 0 aromatic carbocycles. The fourth-order valence-corrected chi connectivity index (χ4v) is 7.29. The Hall–Kier alpha value is -1.82. The van der Waals surface area contributed by atoms with Crippen LogP contribution in [0.3, 0.4) is 0 Å². The lowest BCUT2D eigenvalue weighted by molar-refractivity contribution is -0.132. The van der Waals surface area contributed by atoms with E-state index >= 15 is 0 Å². The highest BCUT2D eigenvalue weighted by molar-refractivity contribution is 5.89.